The summed E-state index contributed by atoms with van der Waals surface area (Å²) in [5, 5.41) is 14.2. The minimum atomic E-state index is -3.05. The Kier molecular flexibility index (Phi) is 5.56. The number of rotatable bonds is 5. The number of nitrogens with two attached hydrogens (primary N) is 1. The number of nitrogens with zero attached hydrogens (tertiary/aromatic N) is 3. The Balaban J connectivity index is 1.31. The second-order valence-electron chi connectivity index (χ2n) is 11.9. The third-order valence-corrected chi connectivity index (χ3v) is 9.24. The van der Waals surface area contributed by atoms with E-state index in [0.717, 1.165) is 5.56 Å². The van der Waals surface area contributed by atoms with Crippen LogP contribution >= 0.6 is 0 Å². The standard InChI is InChI=1S/C31H27F3N4O4/c1-30(28(40)41)13-31(35,14-30)19-7-6-15(10-20(19)32)16-8-9-38-21(11-16)25-18-12-22(26(25)36-38)37(2)27(39)17-4-3-5-23(24(17)18)42-29(33)34/h3-11,18,22,29H,12-14,35H2,1-2H3,(H,40,41)/t18-,22-,30?,31?/m1/s1. The molecule has 8 nitrogen and oxygen atoms in total. The zero-order valence-electron chi connectivity index (χ0n) is 22.8. The summed E-state index contributed by atoms with van der Waals surface area (Å²) in [5.41, 5.74) is 8.87. The fourth-order valence-corrected chi connectivity index (χ4v) is 7.32. The lowest BCUT2D eigenvalue weighted by Gasteiger charge is -2.50. The van der Waals surface area contributed by atoms with Crippen LogP contribution in [0.15, 0.2) is 54.7 Å². The number of carboxylic acid groups (broad SMARTS) is 1. The van der Waals surface area contributed by atoms with Crippen molar-refractivity contribution >= 4 is 17.4 Å². The first-order chi connectivity index (χ1) is 19.9. The van der Waals surface area contributed by atoms with Gasteiger partial charge in [-0.2, -0.15) is 13.9 Å². The Bertz CT molecular complexity index is 1810. The van der Waals surface area contributed by atoms with Gasteiger partial charge in [-0.3, -0.25) is 9.59 Å². The fraction of sp³-hybridized carbons (Fsp3) is 0.323. The number of hydrogen-bond acceptors (Lipinski definition) is 5. The van der Waals surface area contributed by atoms with Gasteiger partial charge in [0.05, 0.1) is 22.7 Å². The first-order valence-corrected chi connectivity index (χ1v) is 13.6. The second-order valence-corrected chi connectivity index (χ2v) is 11.9. The number of hydrogen-bond donors (Lipinski definition) is 2. The predicted molar refractivity (Wildman–Crippen MR) is 146 cm³/mol. The van der Waals surface area contributed by atoms with Crippen LogP contribution in [0.4, 0.5) is 13.2 Å². The highest BCUT2D eigenvalue weighted by atomic mass is 19.3. The smallest absolute Gasteiger partial charge is 0.387 e. The Morgan fingerprint density at radius 2 is 1.88 bits per heavy atom. The Morgan fingerprint density at radius 3 is 2.57 bits per heavy atom. The minimum absolute atomic E-state index is 0.0402. The number of carbonyl (C=O) groups is 2. The van der Waals surface area contributed by atoms with Crippen molar-refractivity contribution in [3.05, 3.63) is 88.5 Å². The molecule has 2 bridgehead atoms. The van der Waals surface area contributed by atoms with Crippen molar-refractivity contribution in [1.29, 1.82) is 0 Å². The molecule has 216 valence electrons. The zero-order valence-corrected chi connectivity index (χ0v) is 22.8. The molecule has 1 fully saturated rings. The number of ether oxygens (including phenoxy) is 1. The molecular formula is C31H27F3N4O4. The molecule has 2 aliphatic carbocycles. The van der Waals surface area contributed by atoms with Gasteiger partial charge in [0.15, 0.2) is 0 Å². The van der Waals surface area contributed by atoms with Gasteiger partial charge < -0.3 is 20.5 Å². The molecule has 11 heteroatoms. The molecule has 0 radical (unpaired) electrons. The summed E-state index contributed by atoms with van der Waals surface area (Å²) in [7, 11) is 1.68. The number of halogens is 3. The number of fused-ring (bicyclic) bond motifs is 9. The highest BCUT2D eigenvalue weighted by Crippen LogP contribution is 2.55. The summed E-state index contributed by atoms with van der Waals surface area (Å²) in [4.78, 5) is 26.5. The van der Waals surface area contributed by atoms with Gasteiger partial charge >= 0.3 is 12.6 Å². The van der Waals surface area contributed by atoms with E-state index in [4.69, 9.17) is 15.6 Å². The topological polar surface area (TPSA) is 110 Å². The van der Waals surface area contributed by atoms with E-state index in [-0.39, 0.29) is 36.1 Å². The van der Waals surface area contributed by atoms with E-state index in [2.05, 4.69) is 0 Å². The lowest BCUT2D eigenvalue weighted by atomic mass is 9.56. The van der Waals surface area contributed by atoms with Gasteiger partial charge in [0.25, 0.3) is 5.91 Å². The SMILES string of the molecule is CN1C(=O)c2cccc(OC(F)F)c2[C@H]2C[C@@H]1c1nn3ccc(-c4ccc(C5(N)CC(C)(C(=O)O)C5)c(F)c4)cc3c12. The summed E-state index contributed by atoms with van der Waals surface area (Å²) in [6.45, 7) is -1.44. The van der Waals surface area contributed by atoms with Gasteiger partial charge in [-0.05, 0) is 67.6 Å². The lowest BCUT2D eigenvalue weighted by molar-refractivity contribution is -0.158. The number of carboxylic acids is 1. The van der Waals surface area contributed by atoms with Crippen molar-refractivity contribution in [1.82, 2.24) is 14.5 Å². The van der Waals surface area contributed by atoms with Crippen molar-refractivity contribution in [2.45, 2.75) is 50.3 Å². The van der Waals surface area contributed by atoms with Crippen LogP contribution in [-0.2, 0) is 10.3 Å². The van der Waals surface area contributed by atoms with Gasteiger partial charge in [-0.15, -0.1) is 0 Å². The molecule has 4 aromatic rings. The molecule has 1 amide bonds. The lowest BCUT2D eigenvalue weighted by Crippen LogP contribution is -2.57. The van der Waals surface area contributed by atoms with Crippen LogP contribution in [0.3, 0.4) is 0 Å². The highest BCUT2D eigenvalue weighted by molar-refractivity contribution is 5.98. The normalized spacial score (nSPS) is 26.2. The van der Waals surface area contributed by atoms with Gasteiger partial charge in [0.1, 0.15) is 11.6 Å². The fourth-order valence-electron chi connectivity index (χ4n) is 7.32. The number of amides is 1. The van der Waals surface area contributed by atoms with E-state index >= 15 is 4.39 Å². The number of alkyl halides is 2. The van der Waals surface area contributed by atoms with E-state index in [0.29, 0.717) is 39.9 Å². The van der Waals surface area contributed by atoms with Crippen LogP contribution in [0.2, 0.25) is 0 Å². The van der Waals surface area contributed by atoms with Crippen molar-refractivity contribution in [3.8, 4) is 16.9 Å². The maximum Gasteiger partial charge on any atom is 0.387 e. The third kappa shape index (κ3) is 3.69. The van der Waals surface area contributed by atoms with Crippen LogP contribution < -0.4 is 10.5 Å². The first-order valence-electron chi connectivity index (χ1n) is 13.6. The molecule has 1 aliphatic heterocycles. The number of benzene rings is 2. The van der Waals surface area contributed by atoms with E-state index in [1.165, 1.54) is 18.2 Å². The average molecular weight is 577 g/mol. The molecule has 7 rings (SSSR count). The molecule has 0 unspecified atom stereocenters. The van der Waals surface area contributed by atoms with E-state index in [9.17, 15) is 23.5 Å². The minimum Gasteiger partial charge on any atom is -0.481 e. The summed E-state index contributed by atoms with van der Waals surface area (Å²) in [6.07, 6.45) is 2.49. The van der Waals surface area contributed by atoms with Crippen molar-refractivity contribution in [2.24, 2.45) is 11.1 Å². The maximum atomic E-state index is 15.4. The molecule has 42 heavy (non-hydrogen) atoms. The van der Waals surface area contributed by atoms with Crippen LogP contribution in [0, 0.1) is 11.2 Å². The maximum absolute atomic E-state index is 15.4. The monoisotopic (exact) mass is 576 g/mol. The van der Waals surface area contributed by atoms with Crippen molar-refractivity contribution < 1.29 is 32.6 Å². The molecular weight excluding hydrogens is 549 g/mol. The number of aromatic nitrogens is 2. The molecule has 3 aliphatic rings. The summed E-state index contributed by atoms with van der Waals surface area (Å²) < 4.78 is 48.7. The number of carbonyl (C=O) groups excluding carboxylic acids is 1. The van der Waals surface area contributed by atoms with E-state index in [1.54, 1.807) is 53.8 Å². The van der Waals surface area contributed by atoms with Crippen molar-refractivity contribution in [2.75, 3.05) is 7.05 Å². The molecule has 0 spiro atoms. The molecule has 3 N–H and O–H groups in total. The summed E-state index contributed by atoms with van der Waals surface area (Å²) >= 11 is 0. The van der Waals surface area contributed by atoms with Crippen LogP contribution in [0.1, 0.15) is 70.9 Å². The van der Waals surface area contributed by atoms with Crippen LogP contribution in [-0.4, -0.2) is 45.2 Å². The summed E-state index contributed by atoms with van der Waals surface area (Å²) in [6, 6.07) is 12.7. The Morgan fingerprint density at radius 1 is 1.14 bits per heavy atom. The third-order valence-electron chi connectivity index (χ3n) is 9.24. The highest BCUT2D eigenvalue weighted by Gasteiger charge is 2.56. The molecule has 2 aromatic heterocycles. The molecule has 2 atom stereocenters. The largest absolute Gasteiger partial charge is 0.481 e. The van der Waals surface area contributed by atoms with Gasteiger partial charge in [0, 0.05) is 47.0 Å². The Labute approximate surface area is 238 Å². The molecule has 0 saturated heterocycles. The van der Waals surface area contributed by atoms with Gasteiger partial charge in [-0.25, -0.2) is 8.91 Å². The molecule has 2 aromatic carbocycles. The summed E-state index contributed by atoms with van der Waals surface area (Å²) in [5.74, 6) is -2.22. The second kappa shape index (κ2) is 8.81. The average Bonchev–Trinajstić information content (AvgIpc) is 3.44. The van der Waals surface area contributed by atoms with Crippen molar-refractivity contribution in [3.63, 3.8) is 0 Å². The van der Waals surface area contributed by atoms with E-state index < -0.39 is 35.3 Å². The van der Waals surface area contributed by atoms with Crippen LogP contribution in [0.25, 0.3) is 16.6 Å². The van der Waals surface area contributed by atoms with Gasteiger partial charge in [-0.1, -0.05) is 18.2 Å². The predicted octanol–water partition coefficient (Wildman–Crippen LogP) is 5.44. The van der Waals surface area contributed by atoms with Crippen LogP contribution in [0.5, 0.6) is 5.75 Å². The van der Waals surface area contributed by atoms with E-state index in [1.807, 2.05) is 6.07 Å². The first kappa shape index (κ1) is 26.5. The Hall–Kier alpha value is -4.38. The number of pyridine rings is 1. The van der Waals surface area contributed by atoms with Gasteiger partial charge in [0.2, 0.25) is 0 Å². The molecule has 1 saturated carbocycles. The quantitative estimate of drug-likeness (QED) is 0.327. The molecule has 3 heterocycles. The number of aliphatic carboxylic acids is 1. The zero-order chi connectivity index (χ0) is 29.7.